The van der Waals surface area contributed by atoms with Crippen LogP contribution >= 0.6 is 22.6 Å². The summed E-state index contributed by atoms with van der Waals surface area (Å²) in [4.78, 5) is 40.1. The zero-order valence-electron chi connectivity index (χ0n) is 13.1. The molecule has 0 saturated carbocycles. The highest BCUT2D eigenvalue weighted by Crippen LogP contribution is 2.32. The van der Waals surface area contributed by atoms with E-state index in [4.69, 9.17) is 0 Å². The van der Waals surface area contributed by atoms with Gasteiger partial charge in [0.05, 0.1) is 0 Å². The van der Waals surface area contributed by atoms with E-state index in [9.17, 15) is 14.4 Å². The van der Waals surface area contributed by atoms with Gasteiger partial charge in [-0.2, -0.15) is 0 Å². The van der Waals surface area contributed by atoms with E-state index in [1.165, 1.54) is 0 Å². The Bertz CT molecular complexity index is 736. The highest BCUT2D eigenvalue weighted by molar-refractivity contribution is 14.1. The molecule has 24 heavy (non-hydrogen) atoms. The predicted octanol–water partition coefficient (Wildman–Crippen LogP) is 1.46. The van der Waals surface area contributed by atoms with Gasteiger partial charge in [0, 0.05) is 41.2 Å². The molecule has 1 N–H and O–H groups in total. The van der Waals surface area contributed by atoms with Crippen LogP contribution in [0.25, 0.3) is 0 Å². The zero-order valence-corrected chi connectivity index (χ0v) is 15.3. The van der Waals surface area contributed by atoms with Crippen LogP contribution in [-0.2, 0) is 16.1 Å². The lowest BCUT2D eigenvalue weighted by atomic mass is 10.0. The van der Waals surface area contributed by atoms with E-state index in [2.05, 4.69) is 38.9 Å². The number of carbonyl (C=O) groups excluding carboxylic acids is 3. The molecule has 126 valence electrons. The van der Waals surface area contributed by atoms with Gasteiger partial charge in [0.15, 0.2) is 0 Å². The average molecular weight is 439 g/mol. The quantitative estimate of drug-likeness (QED) is 0.431. The molecule has 2 unspecified atom stereocenters. The molecule has 1 aromatic carbocycles. The fourth-order valence-electron chi connectivity index (χ4n) is 3.69. The van der Waals surface area contributed by atoms with Gasteiger partial charge in [-0.05, 0) is 30.5 Å². The molecule has 2 fully saturated rings. The van der Waals surface area contributed by atoms with Gasteiger partial charge in [0.25, 0.3) is 5.91 Å². The number of carbonyl (C=O) groups is 3. The number of piperidine rings is 1. The second-order valence-corrected chi connectivity index (χ2v) is 8.33. The van der Waals surface area contributed by atoms with Gasteiger partial charge < -0.3 is 9.80 Å². The van der Waals surface area contributed by atoms with Crippen molar-refractivity contribution in [1.29, 1.82) is 0 Å². The summed E-state index contributed by atoms with van der Waals surface area (Å²) in [5.74, 6) is -0.725. The van der Waals surface area contributed by atoms with E-state index in [1.54, 1.807) is 4.90 Å². The lowest BCUT2D eigenvalue weighted by molar-refractivity contribution is -0.136. The second kappa shape index (κ2) is 6.02. The number of alkyl halides is 1. The van der Waals surface area contributed by atoms with E-state index in [0.717, 1.165) is 30.8 Å². The summed E-state index contributed by atoms with van der Waals surface area (Å²) in [7, 11) is 0. The Kier molecular flexibility index (Phi) is 3.98. The molecule has 7 heteroatoms. The van der Waals surface area contributed by atoms with Crippen molar-refractivity contribution >= 4 is 46.0 Å². The van der Waals surface area contributed by atoms with Crippen LogP contribution in [0.2, 0.25) is 0 Å². The number of anilines is 1. The molecule has 3 aliphatic heterocycles. The third-order valence-corrected chi connectivity index (χ3v) is 6.02. The zero-order chi connectivity index (χ0) is 16.8. The molecule has 2 atom stereocenters. The van der Waals surface area contributed by atoms with Crippen LogP contribution in [0.4, 0.5) is 5.69 Å². The van der Waals surface area contributed by atoms with Crippen LogP contribution in [0.5, 0.6) is 0 Å². The van der Waals surface area contributed by atoms with Crippen LogP contribution in [0, 0.1) is 0 Å². The highest BCUT2D eigenvalue weighted by Gasteiger charge is 2.39. The Morgan fingerprint density at radius 3 is 2.71 bits per heavy atom. The van der Waals surface area contributed by atoms with Crippen molar-refractivity contribution in [2.75, 3.05) is 18.0 Å². The molecular formula is C17H18IN3O3. The number of rotatable bonds is 2. The Balaban J connectivity index is 1.56. The molecule has 3 aliphatic rings. The molecule has 0 radical (unpaired) electrons. The van der Waals surface area contributed by atoms with Gasteiger partial charge in [0.2, 0.25) is 11.8 Å². The molecule has 6 nitrogen and oxygen atoms in total. The number of amides is 3. The Labute approximate surface area is 153 Å². The molecule has 1 aromatic rings. The molecule has 3 heterocycles. The van der Waals surface area contributed by atoms with Crippen molar-refractivity contribution in [2.45, 2.75) is 35.8 Å². The van der Waals surface area contributed by atoms with E-state index < -0.39 is 6.04 Å². The van der Waals surface area contributed by atoms with Gasteiger partial charge >= 0.3 is 0 Å². The summed E-state index contributed by atoms with van der Waals surface area (Å²) in [6.07, 6.45) is 1.85. The van der Waals surface area contributed by atoms with E-state index in [0.29, 0.717) is 22.5 Å². The number of halogens is 1. The maximum Gasteiger partial charge on any atom is 0.255 e. The van der Waals surface area contributed by atoms with E-state index in [1.807, 2.05) is 12.1 Å². The first kappa shape index (κ1) is 15.9. The molecule has 0 spiro atoms. The van der Waals surface area contributed by atoms with Crippen LogP contribution in [-0.4, -0.2) is 45.7 Å². The molecule has 4 rings (SSSR count). The summed E-state index contributed by atoms with van der Waals surface area (Å²) < 4.78 is 0.645. The van der Waals surface area contributed by atoms with Gasteiger partial charge in [-0.1, -0.05) is 28.7 Å². The Morgan fingerprint density at radius 1 is 1.17 bits per heavy atom. The summed E-state index contributed by atoms with van der Waals surface area (Å²) in [5.41, 5.74) is 2.72. The standard InChI is InChI=1S/C17H18IN3O3/c18-11-5-6-20(9-11)12-2-1-10-8-21(17(24)13(10)7-12)14-3-4-15(22)19-16(14)23/h1-2,7,11,14H,3-6,8-9H2,(H,19,22,23). The maximum absolute atomic E-state index is 12.8. The number of fused-ring (bicyclic) bond motifs is 1. The van der Waals surface area contributed by atoms with Crippen molar-refractivity contribution < 1.29 is 14.4 Å². The summed E-state index contributed by atoms with van der Waals surface area (Å²) in [6, 6.07) is 5.47. The van der Waals surface area contributed by atoms with Crippen LogP contribution in [0.3, 0.4) is 0 Å². The number of nitrogens with zero attached hydrogens (tertiary/aromatic N) is 2. The molecule has 3 amide bonds. The lowest BCUT2D eigenvalue weighted by Gasteiger charge is -2.29. The number of benzene rings is 1. The molecule has 0 bridgehead atoms. The SMILES string of the molecule is O=C1CCC(N2Cc3ccc(N4CCC(I)C4)cc3C2=O)C(=O)N1. The largest absolute Gasteiger partial charge is 0.370 e. The van der Waals surface area contributed by atoms with Gasteiger partial charge in [-0.15, -0.1) is 0 Å². The molecule has 0 aromatic heterocycles. The topological polar surface area (TPSA) is 69.7 Å². The monoisotopic (exact) mass is 439 g/mol. The minimum Gasteiger partial charge on any atom is -0.370 e. The highest BCUT2D eigenvalue weighted by atomic mass is 127. The van der Waals surface area contributed by atoms with Gasteiger partial charge in [-0.25, -0.2) is 0 Å². The lowest BCUT2D eigenvalue weighted by Crippen LogP contribution is -2.52. The van der Waals surface area contributed by atoms with E-state index in [-0.39, 0.29) is 24.1 Å². The summed E-state index contributed by atoms with van der Waals surface area (Å²) in [5, 5.41) is 2.33. The number of imide groups is 1. The molecule has 2 saturated heterocycles. The van der Waals surface area contributed by atoms with Crippen molar-refractivity contribution in [2.24, 2.45) is 0 Å². The first-order valence-corrected chi connectivity index (χ1v) is 9.44. The number of hydrogen-bond donors (Lipinski definition) is 1. The minimum absolute atomic E-state index is 0.105. The number of hydrogen-bond acceptors (Lipinski definition) is 4. The first-order chi connectivity index (χ1) is 11.5. The van der Waals surface area contributed by atoms with Crippen LogP contribution in [0.15, 0.2) is 18.2 Å². The summed E-state index contributed by atoms with van der Waals surface area (Å²) in [6.45, 7) is 2.46. The predicted molar refractivity (Wildman–Crippen MR) is 97.1 cm³/mol. The Morgan fingerprint density at radius 2 is 2.00 bits per heavy atom. The fraction of sp³-hybridized carbons (Fsp3) is 0.471. The van der Waals surface area contributed by atoms with Crippen LogP contribution < -0.4 is 10.2 Å². The maximum atomic E-state index is 12.8. The van der Waals surface area contributed by atoms with Gasteiger partial charge in [0.1, 0.15) is 6.04 Å². The van der Waals surface area contributed by atoms with Gasteiger partial charge in [-0.3, -0.25) is 19.7 Å². The fourth-order valence-corrected chi connectivity index (χ4v) is 4.45. The second-order valence-electron chi connectivity index (χ2n) is 6.57. The normalized spacial score (nSPS) is 26.8. The first-order valence-electron chi connectivity index (χ1n) is 8.19. The third kappa shape index (κ3) is 2.68. The molecule has 0 aliphatic carbocycles. The van der Waals surface area contributed by atoms with Crippen molar-refractivity contribution in [1.82, 2.24) is 10.2 Å². The molecular weight excluding hydrogens is 421 g/mol. The van der Waals surface area contributed by atoms with Crippen LogP contribution in [0.1, 0.15) is 35.2 Å². The summed E-state index contributed by atoms with van der Waals surface area (Å²) >= 11 is 2.46. The average Bonchev–Trinajstić information content (AvgIpc) is 3.12. The Hall–Kier alpha value is -1.64. The third-order valence-electron chi connectivity index (χ3n) is 5.01. The minimum atomic E-state index is -0.545. The van der Waals surface area contributed by atoms with E-state index >= 15 is 0 Å². The smallest absolute Gasteiger partial charge is 0.255 e. The van der Waals surface area contributed by atoms with Crippen molar-refractivity contribution in [3.63, 3.8) is 0 Å². The number of nitrogens with one attached hydrogen (secondary N) is 1. The van der Waals surface area contributed by atoms with Crippen molar-refractivity contribution in [3.8, 4) is 0 Å². The van der Waals surface area contributed by atoms with Crippen molar-refractivity contribution in [3.05, 3.63) is 29.3 Å².